The maximum Gasteiger partial charge on any atom is 0.252 e. The zero-order valence-electron chi connectivity index (χ0n) is 15.7. The lowest BCUT2D eigenvalue weighted by atomic mass is 10.0. The van der Waals surface area contributed by atoms with Gasteiger partial charge in [-0.25, -0.2) is 0 Å². The molecule has 0 radical (unpaired) electrons. The number of nitrogens with zero attached hydrogens (tertiary/aromatic N) is 1. The van der Waals surface area contributed by atoms with Crippen molar-refractivity contribution in [3.05, 3.63) is 71.8 Å². The molecule has 2 aliphatic rings. The molecule has 28 heavy (non-hydrogen) atoms. The van der Waals surface area contributed by atoms with Gasteiger partial charge in [0.1, 0.15) is 6.04 Å². The van der Waals surface area contributed by atoms with Crippen molar-refractivity contribution in [1.82, 2.24) is 15.5 Å². The molecule has 4 rings (SSSR count). The van der Waals surface area contributed by atoms with Crippen LogP contribution in [0.4, 0.5) is 0 Å². The van der Waals surface area contributed by atoms with Gasteiger partial charge in [0.05, 0.1) is 0 Å². The van der Waals surface area contributed by atoms with Crippen LogP contribution in [-0.2, 0) is 4.79 Å². The fraction of sp³-hybridized carbons (Fsp3) is 0.364. The van der Waals surface area contributed by atoms with E-state index in [0.29, 0.717) is 24.2 Å². The third kappa shape index (κ3) is 4.54. The molecule has 0 spiro atoms. The van der Waals surface area contributed by atoms with Gasteiger partial charge in [0.25, 0.3) is 5.91 Å². The smallest absolute Gasteiger partial charge is 0.252 e. The first-order valence-electron chi connectivity index (χ1n) is 9.66. The van der Waals surface area contributed by atoms with Crippen LogP contribution >= 0.6 is 12.4 Å². The molecule has 6 heteroatoms. The number of likely N-dealkylation sites (tertiary alicyclic amines) is 1. The van der Waals surface area contributed by atoms with E-state index in [1.54, 1.807) is 12.1 Å². The first-order valence-corrected chi connectivity index (χ1v) is 9.66. The van der Waals surface area contributed by atoms with Gasteiger partial charge in [0, 0.05) is 30.7 Å². The summed E-state index contributed by atoms with van der Waals surface area (Å²) in [6.07, 6.45) is 3.27. The monoisotopic (exact) mass is 399 g/mol. The molecule has 2 amide bonds. The van der Waals surface area contributed by atoms with Crippen LogP contribution in [0.3, 0.4) is 0 Å². The number of hydrogen-bond acceptors (Lipinski definition) is 3. The van der Waals surface area contributed by atoms with Crippen molar-refractivity contribution in [2.24, 2.45) is 0 Å². The SMILES string of the molecule is Cl.O=C(NC(C(=O)N1CCC2CCC(C1)N2)c1ccccc1)c1ccccc1. The Morgan fingerprint density at radius 1 is 0.929 bits per heavy atom. The average molecular weight is 400 g/mol. The number of hydrogen-bond donors (Lipinski definition) is 2. The third-order valence-electron chi connectivity index (χ3n) is 5.53. The minimum Gasteiger partial charge on any atom is -0.339 e. The van der Waals surface area contributed by atoms with E-state index < -0.39 is 6.04 Å². The topological polar surface area (TPSA) is 61.4 Å². The normalized spacial score (nSPS) is 21.9. The van der Waals surface area contributed by atoms with Crippen molar-refractivity contribution < 1.29 is 9.59 Å². The summed E-state index contributed by atoms with van der Waals surface area (Å²) in [6.45, 7) is 1.44. The maximum atomic E-state index is 13.4. The van der Waals surface area contributed by atoms with E-state index in [9.17, 15) is 9.59 Å². The van der Waals surface area contributed by atoms with Gasteiger partial charge in [0.2, 0.25) is 5.91 Å². The molecule has 2 aromatic carbocycles. The van der Waals surface area contributed by atoms with E-state index >= 15 is 0 Å². The lowest BCUT2D eigenvalue weighted by Gasteiger charge is -2.29. The summed E-state index contributed by atoms with van der Waals surface area (Å²) in [5, 5.41) is 6.56. The first kappa shape index (κ1) is 20.4. The number of amides is 2. The number of nitrogens with one attached hydrogen (secondary N) is 2. The van der Waals surface area contributed by atoms with E-state index in [4.69, 9.17) is 0 Å². The lowest BCUT2D eigenvalue weighted by molar-refractivity contribution is -0.133. The first-order chi connectivity index (χ1) is 13.2. The van der Waals surface area contributed by atoms with Crippen LogP contribution in [0.1, 0.15) is 41.2 Å². The number of carbonyl (C=O) groups is 2. The van der Waals surface area contributed by atoms with Crippen LogP contribution in [-0.4, -0.2) is 41.9 Å². The Bertz CT molecular complexity index is 800. The maximum absolute atomic E-state index is 13.4. The molecule has 3 unspecified atom stereocenters. The van der Waals surface area contributed by atoms with Crippen molar-refractivity contribution in [3.8, 4) is 0 Å². The van der Waals surface area contributed by atoms with E-state index in [1.165, 1.54) is 6.42 Å². The second kappa shape index (κ2) is 9.22. The highest BCUT2D eigenvalue weighted by Gasteiger charge is 2.34. The van der Waals surface area contributed by atoms with E-state index in [-0.39, 0.29) is 24.2 Å². The molecule has 148 valence electrons. The minimum atomic E-state index is -0.671. The molecule has 2 N–H and O–H groups in total. The molecule has 2 saturated heterocycles. The summed E-state index contributed by atoms with van der Waals surface area (Å²) in [5.41, 5.74) is 1.37. The number of rotatable bonds is 4. The molecule has 0 aliphatic carbocycles. The molecule has 2 fully saturated rings. The van der Waals surface area contributed by atoms with Gasteiger partial charge in [-0.3, -0.25) is 9.59 Å². The third-order valence-corrected chi connectivity index (χ3v) is 5.53. The summed E-state index contributed by atoms with van der Waals surface area (Å²) in [4.78, 5) is 28.0. The molecule has 5 nitrogen and oxygen atoms in total. The lowest BCUT2D eigenvalue weighted by Crippen LogP contribution is -2.46. The number of halogens is 1. The molecule has 2 heterocycles. The highest BCUT2D eigenvalue weighted by atomic mass is 35.5. The Labute approximate surface area is 171 Å². The van der Waals surface area contributed by atoms with Crippen LogP contribution in [0.2, 0.25) is 0 Å². The van der Waals surface area contributed by atoms with Gasteiger partial charge in [-0.1, -0.05) is 48.5 Å². The molecule has 2 aliphatic heterocycles. The highest BCUT2D eigenvalue weighted by molar-refractivity contribution is 5.97. The Hall–Kier alpha value is -2.37. The summed E-state index contributed by atoms with van der Waals surface area (Å²) in [6, 6.07) is 18.8. The van der Waals surface area contributed by atoms with E-state index in [1.807, 2.05) is 53.4 Å². The zero-order valence-corrected chi connectivity index (χ0v) is 16.5. The van der Waals surface area contributed by atoms with Crippen molar-refractivity contribution in [1.29, 1.82) is 0 Å². The van der Waals surface area contributed by atoms with Gasteiger partial charge in [-0.15, -0.1) is 12.4 Å². The minimum absolute atomic E-state index is 0. The average Bonchev–Trinajstić information content (AvgIpc) is 3.05. The molecule has 2 aromatic rings. The van der Waals surface area contributed by atoms with Crippen molar-refractivity contribution in [2.75, 3.05) is 13.1 Å². The van der Waals surface area contributed by atoms with Crippen LogP contribution in [0.15, 0.2) is 60.7 Å². The van der Waals surface area contributed by atoms with Crippen molar-refractivity contribution in [3.63, 3.8) is 0 Å². The van der Waals surface area contributed by atoms with Gasteiger partial charge < -0.3 is 15.5 Å². The van der Waals surface area contributed by atoms with Gasteiger partial charge >= 0.3 is 0 Å². The summed E-state index contributed by atoms with van der Waals surface area (Å²) < 4.78 is 0. The standard InChI is InChI=1S/C22H25N3O2.ClH/c26-21(17-9-5-2-6-10-17)24-20(16-7-3-1-4-8-16)22(27)25-14-13-18-11-12-19(15-25)23-18;/h1-10,18-20,23H,11-15H2,(H,24,26);1H. The van der Waals surface area contributed by atoms with Crippen molar-refractivity contribution in [2.45, 2.75) is 37.4 Å². The molecule has 2 bridgehead atoms. The summed E-state index contributed by atoms with van der Waals surface area (Å²) in [5.74, 6) is -0.257. The number of carbonyl (C=O) groups excluding carboxylic acids is 2. The Kier molecular flexibility index (Phi) is 6.70. The summed E-state index contributed by atoms with van der Waals surface area (Å²) >= 11 is 0. The van der Waals surface area contributed by atoms with Crippen LogP contribution in [0.5, 0.6) is 0 Å². The fourth-order valence-corrected chi connectivity index (χ4v) is 4.06. The predicted molar refractivity (Wildman–Crippen MR) is 111 cm³/mol. The number of benzene rings is 2. The molecule has 3 atom stereocenters. The second-order valence-electron chi connectivity index (χ2n) is 7.39. The van der Waals surface area contributed by atoms with Gasteiger partial charge in [0.15, 0.2) is 0 Å². The number of fused-ring (bicyclic) bond motifs is 2. The molecule has 0 saturated carbocycles. The Morgan fingerprint density at radius 2 is 1.57 bits per heavy atom. The largest absolute Gasteiger partial charge is 0.339 e. The van der Waals surface area contributed by atoms with Crippen molar-refractivity contribution >= 4 is 24.2 Å². The molecular formula is C22H26ClN3O2. The second-order valence-corrected chi connectivity index (χ2v) is 7.39. The quantitative estimate of drug-likeness (QED) is 0.830. The van der Waals surface area contributed by atoms with E-state index in [0.717, 1.165) is 24.9 Å². The summed E-state index contributed by atoms with van der Waals surface area (Å²) in [7, 11) is 0. The van der Waals surface area contributed by atoms with Crippen LogP contribution in [0.25, 0.3) is 0 Å². The Balaban J connectivity index is 0.00000225. The predicted octanol–water partition coefficient (Wildman–Crippen LogP) is 2.93. The van der Waals surface area contributed by atoms with Crippen LogP contribution in [0, 0.1) is 0 Å². The van der Waals surface area contributed by atoms with E-state index in [2.05, 4.69) is 10.6 Å². The van der Waals surface area contributed by atoms with Gasteiger partial charge in [-0.05, 0) is 37.0 Å². The highest BCUT2D eigenvalue weighted by Crippen LogP contribution is 2.24. The molecule has 0 aromatic heterocycles. The fourth-order valence-electron chi connectivity index (χ4n) is 4.06. The Morgan fingerprint density at radius 3 is 2.29 bits per heavy atom. The van der Waals surface area contributed by atoms with Crippen LogP contribution < -0.4 is 10.6 Å². The molecular weight excluding hydrogens is 374 g/mol. The zero-order chi connectivity index (χ0) is 18.6. The van der Waals surface area contributed by atoms with Gasteiger partial charge in [-0.2, -0.15) is 0 Å².